The molecule has 0 saturated carbocycles. The van der Waals surface area contributed by atoms with Crippen molar-refractivity contribution in [2.45, 2.75) is 117 Å². The first-order chi connectivity index (χ1) is 27.8. The van der Waals surface area contributed by atoms with E-state index in [0.717, 1.165) is 25.7 Å². The van der Waals surface area contributed by atoms with Gasteiger partial charge in [0, 0.05) is 68.8 Å². The number of aliphatic hydroxyl groups is 1. The Balaban J connectivity index is 2.12. The Kier molecular flexibility index (Phi) is 20.2. The van der Waals surface area contributed by atoms with Gasteiger partial charge >= 0.3 is 0 Å². The van der Waals surface area contributed by atoms with Gasteiger partial charge in [-0.05, 0) is 55.2 Å². The third-order valence-corrected chi connectivity index (χ3v) is 10.8. The van der Waals surface area contributed by atoms with Gasteiger partial charge in [-0.15, -0.1) is 0 Å². The number of ketones is 4. The molecule has 13 heteroatoms. The quantitative estimate of drug-likeness (QED) is 0.109. The lowest BCUT2D eigenvalue weighted by molar-refractivity contribution is -0.144. The van der Waals surface area contributed by atoms with E-state index in [0.29, 0.717) is 46.6 Å². The Morgan fingerprint density at radius 3 is 2.09 bits per heavy atom. The van der Waals surface area contributed by atoms with Crippen molar-refractivity contribution in [3.8, 4) is 22.6 Å². The van der Waals surface area contributed by atoms with E-state index in [1.165, 1.54) is 31.7 Å². The number of hydrogen-bond acceptors (Lipinski definition) is 11. The van der Waals surface area contributed by atoms with Crippen LogP contribution in [0.15, 0.2) is 36.4 Å². The highest BCUT2D eigenvalue weighted by molar-refractivity contribution is 5.97. The average Bonchev–Trinajstić information content (AvgIpc) is 3.20. The van der Waals surface area contributed by atoms with E-state index in [2.05, 4.69) is 12.2 Å². The molecule has 0 radical (unpaired) electrons. The highest BCUT2D eigenvalue weighted by Crippen LogP contribution is 2.41. The molecule has 0 saturated heterocycles. The van der Waals surface area contributed by atoms with Gasteiger partial charge in [0.15, 0.2) is 11.6 Å². The Morgan fingerprint density at radius 2 is 1.48 bits per heavy atom. The van der Waals surface area contributed by atoms with Gasteiger partial charge in [-0.1, -0.05) is 71.4 Å². The number of amides is 2. The summed E-state index contributed by atoms with van der Waals surface area (Å²) in [5, 5.41) is 13.2. The van der Waals surface area contributed by atoms with Crippen molar-refractivity contribution in [1.29, 1.82) is 0 Å². The van der Waals surface area contributed by atoms with E-state index in [9.17, 15) is 33.9 Å². The van der Waals surface area contributed by atoms with Crippen molar-refractivity contribution in [2.24, 2.45) is 29.2 Å². The van der Waals surface area contributed by atoms with Gasteiger partial charge in [-0.3, -0.25) is 28.8 Å². The molecule has 2 amide bonds. The number of rotatable bonds is 23. The number of ether oxygens (including phenoxy) is 2. The molecular weight excluding hydrogens is 741 g/mol. The van der Waals surface area contributed by atoms with Gasteiger partial charge in [-0.2, -0.15) is 0 Å². The fourth-order valence-electron chi connectivity index (χ4n) is 7.25. The second-order valence-corrected chi connectivity index (χ2v) is 15.7. The van der Waals surface area contributed by atoms with Crippen molar-refractivity contribution in [2.75, 3.05) is 40.0 Å². The Morgan fingerprint density at radius 1 is 0.879 bits per heavy atom. The van der Waals surface area contributed by atoms with Gasteiger partial charge in [-0.25, -0.2) is 0 Å². The topological polar surface area (TPSA) is 208 Å². The Bertz CT molecular complexity index is 1710. The number of aliphatic hydroxyl groups excluding tert-OH is 1. The third kappa shape index (κ3) is 14.1. The first-order valence-corrected chi connectivity index (χ1v) is 20.9. The van der Waals surface area contributed by atoms with Crippen LogP contribution in [0.25, 0.3) is 11.1 Å². The molecule has 0 spiro atoms. The summed E-state index contributed by atoms with van der Waals surface area (Å²) in [5.41, 5.74) is 13.8. The molecule has 2 aromatic rings. The smallest absolute Gasteiger partial charge is 0.229 e. The maximum Gasteiger partial charge on any atom is 0.229 e. The van der Waals surface area contributed by atoms with Crippen LogP contribution in [0, 0.1) is 17.8 Å². The molecule has 4 bridgehead atoms. The Labute approximate surface area is 344 Å². The van der Waals surface area contributed by atoms with Crippen LogP contribution >= 0.6 is 0 Å². The van der Waals surface area contributed by atoms with Gasteiger partial charge in [0.05, 0.1) is 18.6 Å². The lowest BCUT2D eigenvalue weighted by Crippen LogP contribution is -2.46. The summed E-state index contributed by atoms with van der Waals surface area (Å²) in [5.74, 6) is -3.89. The van der Waals surface area contributed by atoms with E-state index in [4.69, 9.17) is 20.9 Å². The second-order valence-electron chi connectivity index (χ2n) is 15.7. The van der Waals surface area contributed by atoms with Crippen molar-refractivity contribution in [3.05, 3.63) is 47.5 Å². The minimum atomic E-state index is -1.23. The van der Waals surface area contributed by atoms with Crippen LogP contribution in [0.1, 0.15) is 115 Å². The molecule has 2 aromatic carbocycles. The average molecular weight is 807 g/mol. The number of nitrogens with one attached hydrogen (secondary N) is 1. The number of benzene rings is 2. The summed E-state index contributed by atoms with van der Waals surface area (Å²) in [4.78, 5) is 82.5. The van der Waals surface area contributed by atoms with Crippen LogP contribution in [-0.2, 0) is 35.2 Å². The molecule has 6 N–H and O–H groups in total. The summed E-state index contributed by atoms with van der Waals surface area (Å²) < 4.78 is 12.2. The minimum absolute atomic E-state index is 0.0835. The zero-order chi connectivity index (χ0) is 42.8. The lowest BCUT2D eigenvalue weighted by atomic mass is 9.88. The van der Waals surface area contributed by atoms with E-state index in [1.807, 2.05) is 6.07 Å². The van der Waals surface area contributed by atoms with Gasteiger partial charge in [0.25, 0.3) is 0 Å². The van der Waals surface area contributed by atoms with Gasteiger partial charge < -0.3 is 36.3 Å². The minimum Gasteiger partial charge on any atom is -0.492 e. The number of likely N-dealkylation sites (N-methyl/N-ethyl adjacent to an activating group) is 1. The molecule has 58 heavy (non-hydrogen) atoms. The molecule has 13 nitrogen and oxygen atoms in total. The predicted octanol–water partition coefficient (Wildman–Crippen LogP) is 5.06. The summed E-state index contributed by atoms with van der Waals surface area (Å²) in [6, 6.07) is 8.20. The second kappa shape index (κ2) is 24.5. The van der Waals surface area contributed by atoms with Gasteiger partial charge in [0.2, 0.25) is 11.8 Å². The van der Waals surface area contributed by atoms with E-state index in [-0.39, 0.29) is 69.3 Å². The molecule has 0 fully saturated rings. The molecule has 0 aliphatic carbocycles. The van der Waals surface area contributed by atoms with Crippen molar-refractivity contribution < 1.29 is 43.3 Å². The largest absolute Gasteiger partial charge is 0.492 e. The van der Waals surface area contributed by atoms with E-state index < -0.39 is 54.0 Å². The Hall–Kier alpha value is -4.46. The number of carbonyl (C=O) groups excluding carboxylic acids is 6. The van der Waals surface area contributed by atoms with Crippen molar-refractivity contribution >= 4 is 34.9 Å². The first-order valence-electron chi connectivity index (χ1n) is 20.9. The zero-order valence-corrected chi connectivity index (χ0v) is 35.2. The number of Topliss-reactive ketones (excluding diaryl/α,β-unsaturated/α-hetero) is 4. The third-order valence-electron chi connectivity index (χ3n) is 10.8. The van der Waals surface area contributed by atoms with Gasteiger partial charge in [0.1, 0.15) is 42.3 Å². The molecule has 5 atom stereocenters. The summed E-state index contributed by atoms with van der Waals surface area (Å²) in [6.45, 7) is 7.03. The van der Waals surface area contributed by atoms with Crippen LogP contribution in [-0.4, -0.2) is 91.0 Å². The van der Waals surface area contributed by atoms with Crippen LogP contribution in [0.4, 0.5) is 0 Å². The van der Waals surface area contributed by atoms with E-state index >= 15 is 0 Å². The molecule has 1 aliphatic heterocycles. The fraction of sp³-hybridized carbons (Fsp3) is 0.600. The number of nitrogens with zero attached hydrogens (tertiary/aromatic N) is 1. The molecule has 320 valence electrons. The van der Waals surface area contributed by atoms with Crippen LogP contribution in [0.2, 0.25) is 0 Å². The number of carbonyl (C=O) groups is 6. The standard InChI is InChI=1S/C45H66N4O9/c1-6-7-8-9-10-11-12-13-35(52)26-34(28-50)45(56)49(5)43-33-15-17-42(58-21-19-47)37(27-33)36-24-32(14-16-41(36)57-20-18-46)25-38(39(53)22-29(2)31(4)51)48-44(55)30(3)23-40(43)54/h14-17,24,27,29-30,34,38,43,50H,6-13,18-23,25-26,28,46-47H2,1-5H3,(H,48,55)/t29-,30-,34+,38+,43+/m1/s1. The monoisotopic (exact) mass is 806 g/mol. The molecule has 1 aliphatic rings. The normalized spacial score (nSPS) is 18.0. The SMILES string of the molecule is CCCCCCCCCC(=O)C[C@@H](CO)C(=O)N(C)[C@@H]1C(=O)C[C@@H](C)C(=O)N[C@H](C(=O)C[C@@H](C)C(C)=O)Cc2ccc(OCCN)c(c2)-c2cc1ccc2OCCN. The molecule has 3 rings (SSSR count). The molecular formula is C45H66N4O9. The van der Waals surface area contributed by atoms with Crippen molar-refractivity contribution in [1.82, 2.24) is 10.2 Å². The predicted molar refractivity (Wildman–Crippen MR) is 223 cm³/mol. The lowest BCUT2D eigenvalue weighted by Gasteiger charge is -2.32. The van der Waals surface area contributed by atoms with Crippen molar-refractivity contribution in [3.63, 3.8) is 0 Å². The first kappa shape index (κ1) is 47.9. The number of fused-ring (bicyclic) bond motifs is 5. The fourth-order valence-corrected chi connectivity index (χ4v) is 7.25. The summed E-state index contributed by atoms with van der Waals surface area (Å²) >= 11 is 0. The summed E-state index contributed by atoms with van der Waals surface area (Å²) in [7, 11) is 1.46. The number of nitrogens with two attached hydrogens (primary N) is 2. The molecule has 0 unspecified atom stereocenters. The van der Waals surface area contributed by atoms with Crippen LogP contribution in [0.3, 0.4) is 0 Å². The maximum absolute atomic E-state index is 14.5. The maximum atomic E-state index is 14.5. The molecule has 0 aromatic heterocycles. The highest BCUT2D eigenvalue weighted by Gasteiger charge is 2.36. The highest BCUT2D eigenvalue weighted by atomic mass is 16.5. The van der Waals surface area contributed by atoms with Crippen LogP contribution < -0.4 is 26.3 Å². The number of unbranched alkanes of at least 4 members (excludes halogenated alkanes) is 6. The number of hydrogen-bond donors (Lipinski definition) is 4. The molecule has 1 heterocycles. The zero-order valence-electron chi connectivity index (χ0n) is 35.2. The van der Waals surface area contributed by atoms with Crippen LogP contribution in [0.5, 0.6) is 11.5 Å². The van der Waals surface area contributed by atoms with E-state index in [1.54, 1.807) is 44.2 Å². The summed E-state index contributed by atoms with van der Waals surface area (Å²) in [6.07, 6.45) is 7.15.